The maximum Gasteiger partial charge on any atom is 0.164 e. The van der Waals surface area contributed by atoms with Crippen LogP contribution in [0.4, 0.5) is 0 Å². The average Bonchev–Trinajstić information content (AvgIpc) is 2.90. The zero-order chi connectivity index (χ0) is 28.8. The van der Waals surface area contributed by atoms with E-state index in [0.717, 1.165) is 66.4 Å². The first kappa shape index (κ1) is 28.2. The van der Waals surface area contributed by atoms with E-state index in [1.165, 1.54) is 0 Å². The van der Waals surface area contributed by atoms with E-state index < -0.39 is 0 Å². The van der Waals surface area contributed by atoms with Gasteiger partial charge in [-0.2, -0.15) is 0 Å². The third-order valence-electron chi connectivity index (χ3n) is 7.58. The fourth-order valence-electron chi connectivity index (χ4n) is 5.97. The molecule has 39 heavy (non-hydrogen) atoms. The second-order valence-corrected chi connectivity index (χ2v) is 10.6. The molecule has 0 aromatic heterocycles. The quantitative estimate of drug-likeness (QED) is 0.246. The summed E-state index contributed by atoms with van der Waals surface area (Å²) in [5.74, 6) is 3.69. The van der Waals surface area contributed by atoms with E-state index in [9.17, 15) is 5.11 Å². The van der Waals surface area contributed by atoms with Crippen molar-refractivity contribution in [3.8, 4) is 45.6 Å². The van der Waals surface area contributed by atoms with E-state index in [2.05, 4.69) is 53.7 Å². The number of hydrogen-bond donors (Lipinski definition) is 1. The number of fused-ring (bicyclic) bond motifs is 2. The molecule has 0 saturated carbocycles. The molecule has 6 heteroatoms. The summed E-state index contributed by atoms with van der Waals surface area (Å²) in [6.45, 7) is 12.6. The Morgan fingerprint density at radius 1 is 0.513 bits per heavy atom. The molecule has 0 atom stereocenters. The minimum atomic E-state index is 0.0754. The van der Waals surface area contributed by atoms with Gasteiger partial charge in [0.1, 0.15) is 11.5 Å². The molecule has 0 aliphatic rings. The first-order valence-corrected chi connectivity index (χ1v) is 13.2. The highest BCUT2D eigenvalue weighted by Gasteiger charge is 2.27. The van der Waals surface area contributed by atoms with Gasteiger partial charge in [0, 0.05) is 33.0 Å². The van der Waals surface area contributed by atoms with E-state index in [4.69, 9.17) is 23.7 Å². The molecule has 4 rings (SSSR count). The van der Waals surface area contributed by atoms with Crippen LogP contribution in [0.25, 0.3) is 32.7 Å². The Balaban J connectivity index is 2.22. The molecule has 0 fully saturated rings. The molecule has 4 aromatic rings. The van der Waals surface area contributed by atoms with Gasteiger partial charge in [-0.3, -0.25) is 0 Å². The number of methoxy groups -OCH3 is 5. The number of benzene rings is 4. The number of aromatic hydroxyl groups is 1. The molecule has 0 amide bonds. The second kappa shape index (κ2) is 10.8. The molecule has 208 valence electrons. The minimum absolute atomic E-state index is 0.0754. The van der Waals surface area contributed by atoms with Gasteiger partial charge < -0.3 is 28.8 Å². The Morgan fingerprint density at radius 3 is 1.31 bits per heavy atom. The zero-order valence-electron chi connectivity index (χ0n) is 25.0. The predicted octanol–water partition coefficient (Wildman–Crippen LogP) is 8.27. The lowest BCUT2D eigenvalue weighted by Gasteiger charge is -2.25. The van der Waals surface area contributed by atoms with Gasteiger partial charge in [-0.15, -0.1) is 0 Å². The van der Waals surface area contributed by atoms with Crippen molar-refractivity contribution >= 4 is 21.5 Å². The van der Waals surface area contributed by atoms with Gasteiger partial charge in [0.05, 0.1) is 35.5 Å². The molecular weight excluding hydrogens is 492 g/mol. The van der Waals surface area contributed by atoms with E-state index in [0.29, 0.717) is 17.2 Å². The van der Waals surface area contributed by atoms with Crippen molar-refractivity contribution in [2.24, 2.45) is 0 Å². The van der Waals surface area contributed by atoms with Crippen molar-refractivity contribution in [3.05, 3.63) is 46.5 Å². The second-order valence-electron chi connectivity index (χ2n) is 10.6. The van der Waals surface area contributed by atoms with Crippen LogP contribution in [-0.2, 0) is 0 Å². The first-order chi connectivity index (χ1) is 18.6. The van der Waals surface area contributed by atoms with Gasteiger partial charge >= 0.3 is 0 Å². The lowest BCUT2D eigenvalue weighted by molar-refractivity contribution is 0.351. The standard InChI is InChI=1S/C33H40O6/c1-16(2)26-20-12-18(5)28(31(37-9)22(20)14-24(35-7)30(26)34)29-19(6)13-21-23(32(29)38-10)15-25(36-8)33(39-11)27(21)17(3)4/h12-17,34H,1-11H3. The van der Waals surface area contributed by atoms with Crippen LogP contribution in [0.15, 0.2) is 24.3 Å². The maximum atomic E-state index is 11.0. The third-order valence-corrected chi connectivity index (χ3v) is 7.58. The molecule has 0 aliphatic heterocycles. The summed E-state index contributed by atoms with van der Waals surface area (Å²) in [5, 5.41) is 14.8. The Morgan fingerprint density at radius 2 is 0.923 bits per heavy atom. The Hall–Kier alpha value is -3.80. The lowest BCUT2D eigenvalue weighted by atomic mass is 9.85. The van der Waals surface area contributed by atoms with Crippen LogP contribution in [0.1, 0.15) is 61.8 Å². The van der Waals surface area contributed by atoms with Crippen molar-refractivity contribution < 1.29 is 28.8 Å². The van der Waals surface area contributed by atoms with Crippen LogP contribution in [0.2, 0.25) is 0 Å². The van der Waals surface area contributed by atoms with Gasteiger partial charge in [0.25, 0.3) is 0 Å². The molecule has 0 bridgehead atoms. The highest BCUT2D eigenvalue weighted by atomic mass is 16.5. The monoisotopic (exact) mass is 532 g/mol. The van der Waals surface area contributed by atoms with Crippen LogP contribution < -0.4 is 23.7 Å². The Bertz CT molecular complexity index is 1570. The van der Waals surface area contributed by atoms with Crippen molar-refractivity contribution in [2.45, 2.75) is 53.4 Å². The van der Waals surface area contributed by atoms with Crippen molar-refractivity contribution in [1.82, 2.24) is 0 Å². The fourth-order valence-corrected chi connectivity index (χ4v) is 5.97. The predicted molar refractivity (Wildman–Crippen MR) is 159 cm³/mol. The van der Waals surface area contributed by atoms with Crippen LogP contribution in [0.5, 0.6) is 34.5 Å². The topological polar surface area (TPSA) is 66.4 Å². The number of ether oxygens (including phenoxy) is 5. The molecule has 0 aliphatic carbocycles. The lowest BCUT2D eigenvalue weighted by Crippen LogP contribution is -2.03. The number of phenols is 1. The van der Waals surface area contributed by atoms with Crippen LogP contribution >= 0.6 is 0 Å². The summed E-state index contributed by atoms with van der Waals surface area (Å²) >= 11 is 0. The summed E-state index contributed by atoms with van der Waals surface area (Å²) in [7, 11) is 8.27. The smallest absolute Gasteiger partial charge is 0.164 e. The number of phenolic OH excluding ortho intramolecular Hbond substituents is 1. The number of hydrogen-bond acceptors (Lipinski definition) is 6. The average molecular weight is 533 g/mol. The molecule has 4 aromatic carbocycles. The Kier molecular flexibility index (Phi) is 7.78. The van der Waals surface area contributed by atoms with E-state index in [-0.39, 0.29) is 17.6 Å². The van der Waals surface area contributed by atoms with Crippen molar-refractivity contribution in [3.63, 3.8) is 0 Å². The molecule has 0 heterocycles. The first-order valence-electron chi connectivity index (χ1n) is 13.2. The highest BCUT2D eigenvalue weighted by Crippen LogP contribution is 2.53. The largest absolute Gasteiger partial charge is 0.504 e. The molecule has 0 saturated heterocycles. The minimum Gasteiger partial charge on any atom is -0.504 e. The van der Waals surface area contributed by atoms with Gasteiger partial charge in [0.2, 0.25) is 0 Å². The summed E-state index contributed by atoms with van der Waals surface area (Å²) in [4.78, 5) is 0. The normalized spacial score (nSPS) is 11.5. The summed E-state index contributed by atoms with van der Waals surface area (Å²) < 4.78 is 29.5. The molecule has 0 spiro atoms. The van der Waals surface area contributed by atoms with Gasteiger partial charge in [-0.25, -0.2) is 0 Å². The summed E-state index contributed by atoms with van der Waals surface area (Å²) in [5.41, 5.74) is 5.84. The summed E-state index contributed by atoms with van der Waals surface area (Å²) in [6, 6.07) is 8.16. The van der Waals surface area contributed by atoms with Crippen molar-refractivity contribution in [1.29, 1.82) is 0 Å². The summed E-state index contributed by atoms with van der Waals surface area (Å²) in [6.07, 6.45) is 0. The molecule has 1 N–H and O–H groups in total. The number of rotatable bonds is 8. The van der Waals surface area contributed by atoms with Crippen molar-refractivity contribution in [2.75, 3.05) is 35.5 Å². The van der Waals surface area contributed by atoms with Gasteiger partial charge in [0.15, 0.2) is 23.0 Å². The van der Waals surface area contributed by atoms with Gasteiger partial charge in [-0.1, -0.05) is 39.8 Å². The van der Waals surface area contributed by atoms with E-state index in [1.54, 1.807) is 35.5 Å². The van der Waals surface area contributed by atoms with Crippen LogP contribution in [0, 0.1) is 13.8 Å². The maximum absolute atomic E-state index is 11.0. The molecule has 6 nitrogen and oxygen atoms in total. The zero-order valence-corrected chi connectivity index (χ0v) is 25.0. The Labute approximate surface area is 231 Å². The number of aryl methyl sites for hydroxylation is 2. The van der Waals surface area contributed by atoms with E-state index in [1.807, 2.05) is 12.1 Å². The SMILES string of the molecule is COc1cc2c(OC)c(-c3c(C)cc4c(C(C)C)c(OC)c(OC)cc4c3OC)c(C)cc2c(C(C)C)c1O. The molecular formula is C33H40O6. The van der Waals surface area contributed by atoms with Crippen LogP contribution in [-0.4, -0.2) is 40.7 Å². The highest BCUT2D eigenvalue weighted by molar-refractivity contribution is 6.06. The van der Waals surface area contributed by atoms with Gasteiger partial charge in [-0.05, 0) is 59.7 Å². The molecule has 0 unspecified atom stereocenters. The fraction of sp³-hybridized carbons (Fsp3) is 0.394. The van der Waals surface area contributed by atoms with Crippen LogP contribution in [0.3, 0.4) is 0 Å². The third kappa shape index (κ3) is 4.36. The van der Waals surface area contributed by atoms with E-state index >= 15 is 0 Å². The molecule has 0 radical (unpaired) electrons.